The summed E-state index contributed by atoms with van der Waals surface area (Å²) >= 11 is 0. The number of aromatic nitrogens is 3. The zero-order chi connectivity index (χ0) is 20.9. The van der Waals surface area contributed by atoms with Gasteiger partial charge in [-0.05, 0) is 44.7 Å². The molecule has 168 valence electrons. The minimum Gasteiger partial charge on any atom is -0.357 e. The Morgan fingerprint density at radius 1 is 1.29 bits per heavy atom. The molecular formula is C22H32IN7O. The number of guanidine groups is 1. The molecule has 31 heavy (non-hydrogen) atoms. The number of amides is 1. The van der Waals surface area contributed by atoms with Gasteiger partial charge in [0.25, 0.3) is 0 Å². The lowest BCUT2D eigenvalue weighted by molar-refractivity contribution is -0.118. The molecule has 2 aliphatic rings. The van der Waals surface area contributed by atoms with E-state index >= 15 is 0 Å². The molecule has 0 spiro atoms. The van der Waals surface area contributed by atoms with Crippen molar-refractivity contribution in [2.75, 3.05) is 24.5 Å². The highest BCUT2D eigenvalue weighted by molar-refractivity contribution is 14.0. The summed E-state index contributed by atoms with van der Waals surface area (Å²) in [6.45, 7) is 7.00. The van der Waals surface area contributed by atoms with Gasteiger partial charge in [0.1, 0.15) is 11.6 Å². The van der Waals surface area contributed by atoms with Crippen molar-refractivity contribution in [2.24, 2.45) is 4.99 Å². The molecule has 2 aromatic rings. The van der Waals surface area contributed by atoms with Crippen LogP contribution in [-0.2, 0) is 24.2 Å². The lowest BCUT2D eigenvalue weighted by atomic mass is 10.1. The summed E-state index contributed by atoms with van der Waals surface area (Å²) in [5.74, 6) is 2.89. The first-order chi connectivity index (χ1) is 14.6. The molecule has 2 aliphatic heterocycles. The smallest absolute Gasteiger partial charge is 0.227 e. The highest BCUT2D eigenvalue weighted by Crippen LogP contribution is 2.28. The minimum absolute atomic E-state index is 0. The van der Waals surface area contributed by atoms with Crippen molar-refractivity contribution in [3.05, 3.63) is 41.5 Å². The van der Waals surface area contributed by atoms with Crippen LogP contribution in [0.15, 0.2) is 29.3 Å². The number of halogens is 1. The van der Waals surface area contributed by atoms with Crippen LogP contribution in [0.5, 0.6) is 0 Å². The molecule has 0 bridgehead atoms. The van der Waals surface area contributed by atoms with Gasteiger partial charge in [-0.15, -0.1) is 24.0 Å². The molecule has 1 unspecified atom stereocenters. The number of carbonyl (C=O) groups excluding carboxylic acids is 1. The highest BCUT2D eigenvalue weighted by atomic mass is 127. The number of para-hydroxylation sites is 1. The van der Waals surface area contributed by atoms with Crippen molar-refractivity contribution in [1.82, 2.24) is 25.4 Å². The average molecular weight is 537 g/mol. The molecule has 1 amide bonds. The molecule has 1 aromatic carbocycles. The number of benzene rings is 1. The van der Waals surface area contributed by atoms with Crippen LogP contribution in [0.3, 0.4) is 0 Å². The van der Waals surface area contributed by atoms with Crippen LogP contribution < -0.4 is 15.5 Å². The van der Waals surface area contributed by atoms with Crippen LogP contribution in [0, 0.1) is 6.92 Å². The van der Waals surface area contributed by atoms with Gasteiger partial charge >= 0.3 is 0 Å². The van der Waals surface area contributed by atoms with E-state index in [2.05, 4.69) is 33.7 Å². The Morgan fingerprint density at radius 3 is 2.97 bits per heavy atom. The molecule has 4 rings (SSSR count). The number of hydrogen-bond acceptors (Lipinski definition) is 4. The fraction of sp³-hybridized carbons (Fsp3) is 0.545. The van der Waals surface area contributed by atoms with Crippen LogP contribution in [0.2, 0.25) is 0 Å². The summed E-state index contributed by atoms with van der Waals surface area (Å²) in [6.07, 6.45) is 4.13. The fourth-order valence-corrected chi connectivity index (χ4v) is 4.22. The number of aryl methyl sites for hydroxylation is 2. The number of nitrogens with one attached hydrogen (secondary N) is 2. The Labute approximate surface area is 200 Å². The normalized spacial score (nSPS) is 17.5. The minimum atomic E-state index is 0. The molecule has 1 aromatic heterocycles. The maximum Gasteiger partial charge on any atom is 0.227 e. The second-order valence-electron chi connectivity index (χ2n) is 7.93. The van der Waals surface area contributed by atoms with Gasteiger partial charge in [0.05, 0.1) is 6.54 Å². The molecule has 2 N–H and O–H groups in total. The zero-order valence-corrected chi connectivity index (χ0v) is 20.6. The third-order valence-corrected chi connectivity index (χ3v) is 5.66. The first-order valence-electron chi connectivity index (χ1n) is 11.0. The van der Waals surface area contributed by atoms with Gasteiger partial charge in [0, 0.05) is 44.2 Å². The van der Waals surface area contributed by atoms with Crippen molar-refractivity contribution < 1.29 is 4.79 Å². The lowest BCUT2D eigenvalue weighted by Gasteiger charge is -2.25. The number of rotatable bonds is 6. The molecular weight excluding hydrogens is 505 g/mol. The number of nitrogens with zero attached hydrogens (tertiary/aromatic N) is 5. The van der Waals surface area contributed by atoms with Gasteiger partial charge in [0.2, 0.25) is 5.91 Å². The molecule has 8 nitrogen and oxygen atoms in total. The second-order valence-corrected chi connectivity index (χ2v) is 7.93. The predicted molar refractivity (Wildman–Crippen MR) is 133 cm³/mol. The van der Waals surface area contributed by atoms with Crippen LogP contribution in [0.1, 0.15) is 43.4 Å². The van der Waals surface area contributed by atoms with Crippen LogP contribution in [-0.4, -0.2) is 52.3 Å². The summed E-state index contributed by atoms with van der Waals surface area (Å²) < 4.78 is 1.99. The molecule has 0 radical (unpaired) electrons. The van der Waals surface area contributed by atoms with Crippen molar-refractivity contribution in [2.45, 2.75) is 58.5 Å². The number of aliphatic imine (C=N–C) groups is 1. The summed E-state index contributed by atoms with van der Waals surface area (Å²) in [5, 5.41) is 11.3. The van der Waals surface area contributed by atoms with Gasteiger partial charge in [0.15, 0.2) is 5.96 Å². The first kappa shape index (κ1) is 23.5. The zero-order valence-electron chi connectivity index (χ0n) is 18.3. The number of anilines is 1. The first-order valence-corrected chi connectivity index (χ1v) is 11.0. The van der Waals surface area contributed by atoms with E-state index in [-0.39, 0.29) is 35.9 Å². The SMILES string of the molecule is CCNC(=NCCCC(=O)N1CCc2ccccc21)NC1CCc2nc(C)nn2C1.I. The van der Waals surface area contributed by atoms with E-state index in [9.17, 15) is 4.79 Å². The fourth-order valence-electron chi connectivity index (χ4n) is 4.22. The Hall–Kier alpha value is -2.17. The Balaban J connectivity index is 0.00000272. The average Bonchev–Trinajstić information content (AvgIpc) is 3.33. The van der Waals surface area contributed by atoms with Gasteiger partial charge in [-0.1, -0.05) is 18.2 Å². The second kappa shape index (κ2) is 10.9. The predicted octanol–water partition coefficient (Wildman–Crippen LogP) is 2.44. The third-order valence-electron chi connectivity index (χ3n) is 5.66. The summed E-state index contributed by atoms with van der Waals surface area (Å²) in [5.41, 5.74) is 2.33. The summed E-state index contributed by atoms with van der Waals surface area (Å²) in [4.78, 5) is 23.7. The van der Waals surface area contributed by atoms with Crippen LogP contribution in [0.25, 0.3) is 0 Å². The van der Waals surface area contributed by atoms with Crippen LogP contribution in [0.4, 0.5) is 5.69 Å². The molecule has 3 heterocycles. The van der Waals surface area contributed by atoms with Gasteiger partial charge in [-0.3, -0.25) is 9.79 Å². The van der Waals surface area contributed by atoms with Crippen molar-refractivity contribution in [3.8, 4) is 0 Å². The quantitative estimate of drug-likeness (QED) is 0.256. The molecule has 9 heteroatoms. The highest BCUT2D eigenvalue weighted by Gasteiger charge is 2.24. The maximum absolute atomic E-state index is 12.6. The number of fused-ring (bicyclic) bond motifs is 2. The van der Waals surface area contributed by atoms with Crippen molar-refractivity contribution in [3.63, 3.8) is 0 Å². The number of hydrogen-bond donors (Lipinski definition) is 2. The van der Waals surface area contributed by atoms with E-state index in [1.807, 2.05) is 34.7 Å². The van der Waals surface area contributed by atoms with E-state index < -0.39 is 0 Å². The monoisotopic (exact) mass is 537 g/mol. The molecule has 0 saturated carbocycles. The van der Waals surface area contributed by atoms with E-state index in [1.54, 1.807) is 0 Å². The topological polar surface area (TPSA) is 87.4 Å². The Morgan fingerprint density at radius 2 is 2.13 bits per heavy atom. The van der Waals surface area contributed by atoms with Crippen molar-refractivity contribution >= 4 is 41.5 Å². The molecule has 1 atom stereocenters. The molecule has 0 saturated heterocycles. The Kier molecular flexibility index (Phi) is 8.28. The standard InChI is InChI=1S/C22H31N7O.HI/c1-3-23-22(26-18-10-11-20-25-16(2)27-29(20)15-18)24-13-6-9-21(30)28-14-12-17-7-4-5-8-19(17)28;/h4-5,7-8,18H,3,6,9-15H2,1-2H3,(H2,23,24,26);1H. The third kappa shape index (κ3) is 5.75. The summed E-state index contributed by atoms with van der Waals surface area (Å²) in [7, 11) is 0. The molecule has 0 fully saturated rings. The van der Waals surface area contributed by atoms with Gasteiger partial charge < -0.3 is 15.5 Å². The van der Waals surface area contributed by atoms with Gasteiger partial charge in [-0.25, -0.2) is 9.67 Å². The largest absolute Gasteiger partial charge is 0.357 e. The number of carbonyl (C=O) groups is 1. The van der Waals surface area contributed by atoms with Gasteiger partial charge in [-0.2, -0.15) is 5.10 Å². The van der Waals surface area contributed by atoms with E-state index in [0.29, 0.717) is 13.0 Å². The van der Waals surface area contributed by atoms with Crippen LogP contribution >= 0.6 is 24.0 Å². The van der Waals surface area contributed by atoms with E-state index in [0.717, 1.165) is 68.6 Å². The van der Waals surface area contributed by atoms with Crippen molar-refractivity contribution in [1.29, 1.82) is 0 Å². The lowest BCUT2D eigenvalue weighted by Crippen LogP contribution is -2.47. The molecule has 0 aliphatic carbocycles. The van der Waals surface area contributed by atoms with E-state index in [4.69, 9.17) is 4.99 Å². The maximum atomic E-state index is 12.6. The van der Waals surface area contributed by atoms with E-state index in [1.165, 1.54) is 5.56 Å². The Bertz CT molecular complexity index is 926. The summed E-state index contributed by atoms with van der Waals surface area (Å²) in [6, 6.07) is 8.46.